The van der Waals surface area contributed by atoms with E-state index >= 15 is 0 Å². The van der Waals surface area contributed by atoms with Crippen LogP contribution in [0.15, 0.2) is 24.5 Å². The maximum atomic E-state index is 13.1. The summed E-state index contributed by atoms with van der Waals surface area (Å²) in [7, 11) is -4.08. The molecule has 2 aromatic rings. The van der Waals surface area contributed by atoms with Crippen LogP contribution in [0.4, 0.5) is 5.69 Å². The molecular weight excluding hydrogens is 577 g/mol. The second-order valence-electron chi connectivity index (χ2n) is 9.42. The van der Waals surface area contributed by atoms with Crippen molar-refractivity contribution in [3.05, 3.63) is 35.9 Å². The van der Waals surface area contributed by atoms with Crippen LogP contribution in [0.2, 0.25) is 0 Å². The van der Waals surface area contributed by atoms with Crippen LogP contribution in [0, 0.1) is 5.92 Å². The largest absolute Gasteiger partial charge is 0.530 e. The molecule has 2 unspecified atom stereocenters. The van der Waals surface area contributed by atoms with Crippen molar-refractivity contribution in [2.75, 3.05) is 18.5 Å². The Morgan fingerprint density at radius 2 is 2.07 bits per heavy atom. The molecule has 5 N–H and O–H groups in total. The first-order valence-corrected chi connectivity index (χ1v) is 14.4. The van der Waals surface area contributed by atoms with Gasteiger partial charge in [0.2, 0.25) is 23.5 Å². The summed E-state index contributed by atoms with van der Waals surface area (Å²) in [5.41, 5.74) is 6.01. The molecule has 0 bridgehead atoms. The number of aldehydes is 1. The molecule has 5 atom stereocenters. The van der Waals surface area contributed by atoms with Gasteiger partial charge in [-0.2, -0.15) is 0 Å². The summed E-state index contributed by atoms with van der Waals surface area (Å²) in [6.45, 7) is 2.37. The number of hydrogen-bond acceptors (Lipinski definition) is 12. The first-order chi connectivity index (χ1) is 20.0. The first-order valence-electron chi connectivity index (χ1n) is 12.9. The molecule has 3 heterocycles. The normalized spacial score (nSPS) is 23.6. The number of phosphoric acid groups is 1. The smallest absolute Gasteiger partial charge is 0.404 e. The minimum Gasteiger partial charge on any atom is -0.404 e. The quantitative estimate of drug-likeness (QED) is 0.187. The van der Waals surface area contributed by atoms with Gasteiger partial charge in [-0.05, 0) is 25.1 Å². The third-order valence-corrected chi connectivity index (χ3v) is 7.66. The molecule has 2 aliphatic rings. The number of carbonyl (C=O) groups is 5. The molecule has 1 aromatic heterocycles. The molecule has 1 fully saturated rings. The van der Waals surface area contributed by atoms with Gasteiger partial charge in [-0.1, -0.05) is 6.92 Å². The van der Waals surface area contributed by atoms with Crippen LogP contribution in [-0.4, -0.2) is 70.0 Å². The Morgan fingerprint density at radius 1 is 1.29 bits per heavy atom. The number of ether oxygens (including phenoxy) is 1. The van der Waals surface area contributed by atoms with Crippen molar-refractivity contribution in [1.82, 2.24) is 25.4 Å². The Bertz CT molecular complexity index is 1420. The number of benzene rings is 1. The third-order valence-electron chi connectivity index (χ3n) is 6.33. The van der Waals surface area contributed by atoms with Crippen molar-refractivity contribution in [1.29, 1.82) is 0 Å². The van der Waals surface area contributed by atoms with Gasteiger partial charge in [0.25, 0.3) is 5.91 Å². The van der Waals surface area contributed by atoms with Crippen LogP contribution >= 0.6 is 7.82 Å². The lowest BCUT2D eigenvalue weighted by atomic mass is 10.0. The van der Waals surface area contributed by atoms with Gasteiger partial charge in [0.05, 0.1) is 25.9 Å². The van der Waals surface area contributed by atoms with Crippen LogP contribution in [0.5, 0.6) is 5.75 Å². The Morgan fingerprint density at radius 3 is 2.76 bits per heavy atom. The van der Waals surface area contributed by atoms with Crippen molar-refractivity contribution < 1.29 is 46.8 Å². The van der Waals surface area contributed by atoms with Crippen molar-refractivity contribution >= 4 is 43.4 Å². The van der Waals surface area contributed by atoms with Gasteiger partial charge < -0.3 is 35.7 Å². The average molecular weight is 608 g/mol. The summed E-state index contributed by atoms with van der Waals surface area (Å²) in [4.78, 5) is 62.4. The molecule has 1 aromatic carbocycles. The summed E-state index contributed by atoms with van der Waals surface area (Å²) < 4.78 is 36.4. The molecule has 4 amide bonds. The van der Waals surface area contributed by atoms with E-state index in [0.29, 0.717) is 17.5 Å². The lowest BCUT2D eigenvalue weighted by Gasteiger charge is -2.26. The van der Waals surface area contributed by atoms with E-state index in [-0.39, 0.29) is 50.1 Å². The number of primary amides is 1. The van der Waals surface area contributed by atoms with Gasteiger partial charge in [-0.3, -0.25) is 28.2 Å². The van der Waals surface area contributed by atoms with Crippen LogP contribution in [0.1, 0.15) is 49.1 Å². The highest BCUT2D eigenvalue weighted by Gasteiger charge is 2.41. The molecule has 1 saturated heterocycles. The standard InChI is InChI=1S/C24H30N7O10P/c1-3-19(33)28-13(2)24(36)26-8-20(34)29-16-4-5-17-15(6-16)10-38-42(37,41-17)39-11-18-14(9-32)7-21(40-18)31-12-27-23(30-31)22(25)35/h4-6,9,12-14,18,21H,3,7-8,10-11H2,1-2H3,(H2,25,35)(H,26,36)(H,28,33)(H,29,34)/t13-,14?,18+,21+,42?/m0/s1. The number of hydrogen-bond donors (Lipinski definition) is 4. The van der Waals surface area contributed by atoms with E-state index in [1.165, 1.54) is 30.1 Å². The van der Waals surface area contributed by atoms with Crippen molar-refractivity contribution in [2.24, 2.45) is 11.7 Å². The highest BCUT2D eigenvalue weighted by molar-refractivity contribution is 7.49. The molecule has 4 rings (SSSR count). The lowest BCUT2D eigenvalue weighted by molar-refractivity contribution is -0.129. The fourth-order valence-corrected chi connectivity index (χ4v) is 5.29. The third kappa shape index (κ3) is 7.55. The number of nitrogens with two attached hydrogens (primary N) is 1. The number of aromatic nitrogens is 3. The van der Waals surface area contributed by atoms with Crippen LogP contribution in [-0.2, 0) is 44.1 Å². The summed E-state index contributed by atoms with van der Waals surface area (Å²) in [5.74, 6) is -2.75. The molecule has 2 aliphatic heterocycles. The molecule has 0 spiro atoms. The molecule has 0 aliphatic carbocycles. The number of rotatable bonds is 12. The van der Waals surface area contributed by atoms with Gasteiger partial charge >= 0.3 is 7.82 Å². The molecular formula is C24H30N7O10P. The maximum absolute atomic E-state index is 13.1. The average Bonchev–Trinajstić information content (AvgIpc) is 3.62. The zero-order valence-electron chi connectivity index (χ0n) is 22.7. The second-order valence-corrected chi connectivity index (χ2v) is 11.0. The van der Waals surface area contributed by atoms with Crippen LogP contribution in [0.3, 0.4) is 0 Å². The van der Waals surface area contributed by atoms with E-state index in [9.17, 15) is 28.5 Å². The number of amides is 4. The van der Waals surface area contributed by atoms with Crippen LogP contribution < -0.4 is 26.2 Å². The number of anilines is 1. The minimum atomic E-state index is -4.08. The first kappa shape index (κ1) is 30.8. The Balaban J connectivity index is 1.28. The van der Waals surface area contributed by atoms with Crippen molar-refractivity contribution in [3.63, 3.8) is 0 Å². The summed E-state index contributed by atoms with van der Waals surface area (Å²) in [6.07, 6.45) is 0.840. The zero-order valence-corrected chi connectivity index (χ0v) is 23.6. The van der Waals surface area contributed by atoms with Gasteiger partial charge in [-0.15, -0.1) is 5.10 Å². The second kappa shape index (κ2) is 13.2. The highest BCUT2D eigenvalue weighted by atomic mass is 31.2. The van der Waals surface area contributed by atoms with E-state index < -0.39 is 49.8 Å². The molecule has 0 saturated carbocycles. The predicted octanol–water partition coefficient (Wildman–Crippen LogP) is 0.183. The van der Waals surface area contributed by atoms with Crippen molar-refractivity contribution in [2.45, 2.75) is 51.7 Å². The van der Waals surface area contributed by atoms with Gasteiger partial charge in [0.1, 0.15) is 24.4 Å². The summed E-state index contributed by atoms with van der Waals surface area (Å²) in [5, 5.41) is 11.5. The predicted molar refractivity (Wildman–Crippen MR) is 142 cm³/mol. The van der Waals surface area contributed by atoms with E-state index in [0.717, 1.165) is 0 Å². The molecule has 42 heavy (non-hydrogen) atoms. The SMILES string of the molecule is CCC(=O)N[C@@H](C)C(=O)NCC(=O)Nc1ccc2c(c1)COP(=O)(OC[C@H]1O[C@@H](n3cnc(C(N)=O)n3)CC1C=O)O2. The topological polar surface area (TPSA) is 232 Å². The number of nitrogens with zero attached hydrogens (tertiary/aromatic N) is 3. The Hall–Kier alpha value is -4.18. The zero-order chi connectivity index (χ0) is 30.4. The minimum absolute atomic E-state index is 0.165. The van der Waals surface area contributed by atoms with E-state index in [1.807, 2.05) is 0 Å². The number of carbonyl (C=O) groups excluding carboxylic acids is 5. The van der Waals surface area contributed by atoms with E-state index in [2.05, 4.69) is 26.0 Å². The Labute approximate surface area is 239 Å². The number of phosphoric ester groups is 1. The molecule has 18 heteroatoms. The fourth-order valence-electron chi connectivity index (χ4n) is 4.06. The molecule has 17 nitrogen and oxygen atoms in total. The van der Waals surface area contributed by atoms with E-state index in [4.69, 9.17) is 24.0 Å². The highest BCUT2D eigenvalue weighted by Crippen LogP contribution is 2.55. The number of fused-ring (bicyclic) bond motifs is 1. The Kier molecular flexibility index (Phi) is 9.67. The lowest BCUT2D eigenvalue weighted by Crippen LogP contribution is -2.46. The van der Waals surface area contributed by atoms with Crippen molar-refractivity contribution in [3.8, 4) is 5.75 Å². The summed E-state index contributed by atoms with van der Waals surface area (Å²) >= 11 is 0. The molecule has 0 radical (unpaired) electrons. The maximum Gasteiger partial charge on any atom is 0.530 e. The monoisotopic (exact) mass is 607 g/mol. The fraction of sp³-hybridized carbons (Fsp3) is 0.458. The van der Waals surface area contributed by atoms with Crippen LogP contribution in [0.25, 0.3) is 0 Å². The summed E-state index contributed by atoms with van der Waals surface area (Å²) in [6, 6.07) is 3.73. The number of nitrogens with one attached hydrogen (secondary N) is 3. The molecule has 226 valence electrons. The van der Waals surface area contributed by atoms with Gasteiger partial charge in [0, 0.05) is 30.0 Å². The van der Waals surface area contributed by atoms with Gasteiger partial charge in [-0.25, -0.2) is 14.2 Å². The van der Waals surface area contributed by atoms with Gasteiger partial charge in [0.15, 0.2) is 6.23 Å². The van der Waals surface area contributed by atoms with E-state index in [1.54, 1.807) is 13.0 Å².